The highest BCUT2D eigenvalue weighted by Crippen LogP contribution is 2.21. The lowest BCUT2D eigenvalue weighted by molar-refractivity contribution is 0.241. The Morgan fingerprint density at radius 2 is 2.33 bits per heavy atom. The van der Waals surface area contributed by atoms with E-state index in [1.54, 1.807) is 25.3 Å². The average molecular weight is 247 g/mol. The summed E-state index contributed by atoms with van der Waals surface area (Å²) in [6.07, 6.45) is 1.61. The summed E-state index contributed by atoms with van der Waals surface area (Å²) in [4.78, 5) is 15.6. The highest BCUT2D eigenvalue weighted by molar-refractivity contribution is 5.89. The van der Waals surface area contributed by atoms with Gasteiger partial charge in [-0.2, -0.15) is 0 Å². The number of carbonyl (C=O) groups excluding carboxylic acids is 1. The van der Waals surface area contributed by atoms with Crippen LogP contribution in [0.1, 0.15) is 20.8 Å². The SMILES string of the molecule is CC#CCNC(=O)Nc1ncccc1OC(C)C. The number of hydrogen-bond acceptors (Lipinski definition) is 3. The second-order valence-electron chi connectivity index (χ2n) is 3.75. The number of anilines is 1. The third kappa shape index (κ3) is 4.74. The van der Waals surface area contributed by atoms with Crippen LogP contribution in [0.5, 0.6) is 5.75 Å². The zero-order valence-corrected chi connectivity index (χ0v) is 10.8. The first-order chi connectivity index (χ1) is 8.63. The molecule has 1 rings (SSSR count). The quantitative estimate of drug-likeness (QED) is 0.800. The minimum atomic E-state index is -0.356. The molecular weight excluding hydrogens is 230 g/mol. The zero-order chi connectivity index (χ0) is 13.4. The fourth-order valence-electron chi connectivity index (χ4n) is 1.20. The summed E-state index contributed by atoms with van der Waals surface area (Å²) in [5, 5.41) is 5.21. The number of nitrogens with zero attached hydrogens (tertiary/aromatic N) is 1. The normalized spacial score (nSPS) is 9.33. The van der Waals surface area contributed by atoms with Crippen LogP contribution in [-0.4, -0.2) is 23.7 Å². The molecule has 0 aliphatic heterocycles. The number of pyridine rings is 1. The average Bonchev–Trinajstić information content (AvgIpc) is 2.31. The fourth-order valence-corrected chi connectivity index (χ4v) is 1.20. The fraction of sp³-hybridized carbons (Fsp3) is 0.385. The topological polar surface area (TPSA) is 63.2 Å². The molecule has 0 aliphatic carbocycles. The maximum atomic E-state index is 11.5. The summed E-state index contributed by atoms with van der Waals surface area (Å²) >= 11 is 0. The minimum Gasteiger partial charge on any atom is -0.487 e. The Morgan fingerprint density at radius 3 is 3.00 bits per heavy atom. The van der Waals surface area contributed by atoms with Crippen molar-refractivity contribution in [2.45, 2.75) is 26.9 Å². The molecule has 5 heteroatoms. The Labute approximate surface area is 107 Å². The molecule has 1 heterocycles. The van der Waals surface area contributed by atoms with Crippen molar-refractivity contribution in [2.75, 3.05) is 11.9 Å². The number of ether oxygens (including phenoxy) is 1. The molecule has 0 unspecified atom stereocenters. The highest BCUT2D eigenvalue weighted by Gasteiger charge is 2.09. The highest BCUT2D eigenvalue weighted by atomic mass is 16.5. The van der Waals surface area contributed by atoms with Crippen LogP contribution >= 0.6 is 0 Å². The number of rotatable bonds is 4. The van der Waals surface area contributed by atoms with E-state index in [1.165, 1.54) is 0 Å². The molecule has 2 N–H and O–H groups in total. The van der Waals surface area contributed by atoms with E-state index in [9.17, 15) is 4.79 Å². The summed E-state index contributed by atoms with van der Waals surface area (Å²) in [6, 6.07) is 3.16. The van der Waals surface area contributed by atoms with Gasteiger partial charge in [-0.1, -0.05) is 5.92 Å². The van der Waals surface area contributed by atoms with Gasteiger partial charge in [-0.3, -0.25) is 5.32 Å². The molecule has 18 heavy (non-hydrogen) atoms. The monoisotopic (exact) mass is 247 g/mol. The number of urea groups is 1. The van der Waals surface area contributed by atoms with Gasteiger partial charge in [0.05, 0.1) is 12.6 Å². The maximum Gasteiger partial charge on any atom is 0.321 e. The van der Waals surface area contributed by atoms with Gasteiger partial charge in [0.25, 0.3) is 0 Å². The lowest BCUT2D eigenvalue weighted by Crippen LogP contribution is -2.29. The maximum absolute atomic E-state index is 11.5. The summed E-state index contributed by atoms with van der Waals surface area (Å²) in [5.41, 5.74) is 0. The van der Waals surface area contributed by atoms with E-state index in [-0.39, 0.29) is 12.1 Å². The molecule has 1 aromatic heterocycles. The molecule has 0 fully saturated rings. The lowest BCUT2D eigenvalue weighted by Gasteiger charge is -2.13. The first kappa shape index (κ1) is 13.8. The molecule has 0 atom stereocenters. The molecule has 1 aromatic rings. The van der Waals surface area contributed by atoms with Crippen LogP contribution in [0.25, 0.3) is 0 Å². The standard InChI is InChI=1S/C13H17N3O2/c1-4-5-8-15-13(17)16-12-11(18-10(2)3)7-6-9-14-12/h6-7,9-10H,8H2,1-3H3,(H2,14,15,16,17). The van der Waals surface area contributed by atoms with Crippen molar-refractivity contribution in [1.82, 2.24) is 10.3 Å². The van der Waals surface area contributed by atoms with Crippen LogP contribution in [0, 0.1) is 11.8 Å². The number of aromatic nitrogens is 1. The van der Waals surface area contributed by atoms with Crippen molar-refractivity contribution in [3.63, 3.8) is 0 Å². The van der Waals surface area contributed by atoms with E-state index < -0.39 is 0 Å². The van der Waals surface area contributed by atoms with Crippen LogP contribution in [0.3, 0.4) is 0 Å². The van der Waals surface area contributed by atoms with E-state index in [0.717, 1.165) is 0 Å². The molecule has 0 spiro atoms. The largest absolute Gasteiger partial charge is 0.487 e. The van der Waals surface area contributed by atoms with Gasteiger partial charge in [0.1, 0.15) is 0 Å². The first-order valence-electron chi connectivity index (χ1n) is 5.69. The van der Waals surface area contributed by atoms with Crippen LogP contribution in [0.15, 0.2) is 18.3 Å². The minimum absolute atomic E-state index is 0.0174. The van der Waals surface area contributed by atoms with Crippen molar-refractivity contribution in [3.05, 3.63) is 18.3 Å². The predicted octanol–water partition coefficient (Wildman–Crippen LogP) is 2.01. The summed E-state index contributed by atoms with van der Waals surface area (Å²) in [5.74, 6) is 6.37. The molecule has 5 nitrogen and oxygen atoms in total. The second-order valence-corrected chi connectivity index (χ2v) is 3.75. The van der Waals surface area contributed by atoms with Crippen molar-refractivity contribution < 1.29 is 9.53 Å². The van der Waals surface area contributed by atoms with Gasteiger partial charge in [0.2, 0.25) is 0 Å². The summed E-state index contributed by atoms with van der Waals surface area (Å²) in [6.45, 7) is 5.84. The Hall–Kier alpha value is -2.22. The van der Waals surface area contributed by atoms with Gasteiger partial charge in [0, 0.05) is 6.20 Å². The molecule has 0 saturated carbocycles. The lowest BCUT2D eigenvalue weighted by atomic mass is 10.4. The van der Waals surface area contributed by atoms with Gasteiger partial charge >= 0.3 is 6.03 Å². The van der Waals surface area contributed by atoms with Crippen molar-refractivity contribution in [1.29, 1.82) is 0 Å². The molecule has 0 radical (unpaired) electrons. The van der Waals surface area contributed by atoms with Crippen molar-refractivity contribution >= 4 is 11.8 Å². The molecule has 2 amide bonds. The van der Waals surface area contributed by atoms with E-state index in [4.69, 9.17) is 4.74 Å². The Kier molecular flexibility index (Phi) is 5.52. The van der Waals surface area contributed by atoms with Crippen LogP contribution < -0.4 is 15.4 Å². The van der Waals surface area contributed by atoms with E-state index in [2.05, 4.69) is 27.5 Å². The number of amides is 2. The van der Waals surface area contributed by atoms with Gasteiger partial charge in [-0.15, -0.1) is 5.92 Å². The second kappa shape index (κ2) is 7.17. The summed E-state index contributed by atoms with van der Waals surface area (Å²) < 4.78 is 5.54. The van der Waals surface area contributed by atoms with Crippen molar-refractivity contribution in [3.8, 4) is 17.6 Å². The van der Waals surface area contributed by atoms with Crippen LogP contribution in [-0.2, 0) is 0 Å². The smallest absolute Gasteiger partial charge is 0.321 e. The Bertz CT molecular complexity index is 461. The number of carbonyl (C=O) groups is 1. The molecule has 0 aromatic carbocycles. The molecule has 0 aliphatic rings. The van der Waals surface area contributed by atoms with Crippen LogP contribution in [0.4, 0.5) is 10.6 Å². The number of nitrogens with one attached hydrogen (secondary N) is 2. The van der Waals surface area contributed by atoms with Gasteiger partial charge in [-0.05, 0) is 32.9 Å². The van der Waals surface area contributed by atoms with Gasteiger partial charge < -0.3 is 10.1 Å². The third-order valence-electron chi connectivity index (χ3n) is 1.88. The van der Waals surface area contributed by atoms with E-state index >= 15 is 0 Å². The molecular formula is C13H17N3O2. The Morgan fingerprint density at radius 1 is 1.56 bits per heavy atom. The summed E-state index contributed by atoms with van der Waals surface area (Å²) in [7, 11) is 0. The van der Waals surface area contributed by atoms with E-state index in [1.807, 2.05) is 13.8 Å². The van der Waals surface area contributed by atoms with Gasteiger partial charge in [-0.25, -0.2) is 9.78 Å². The molecule has 0 saturated heterocycles. The molecule has 0 bridgehead atoms. The van der Waals surface area contributed by atoms with Crippen LogP contribution in [0.2, 0.25) is 0 Å². The Balaban J connectivity index is 2.64. The van der Waals surface area contributed by atoms with Gasteiger partial charge in [0.15, 0.2) is 11.6 Å². The number of hydrogen-bond donors (Lipinski definition) is 2. The van der Waals surface area contributed by atoms with Crippen molar-refractivity contribution in [2.24, 2.45) is 0 Å². The zero-order valence-electron chi connectivity index (χ0n) is 10.8. The third-order valence-corrected chi connectivity index (χ3v) is 1.88. The molecule has 96 valence electrons. The predicted molar refractivity (Wildman–Crippen MR) is 70.5 cm³/mol. The first-order valence-corrected chi connectivity index (χ1v) is 5.69. The van der Waals surface area contributed by atoms with E-state index in [0.29, 0.717) is 18.1 Å².